The van der Waals surface area contributed by atoms with Crippen LogP contribution in [0.1, 0.15) is 0 Å². The third-order valence-corrected chi connectivity index (χ3v) is 3.74. The summed E-state index contributed by atoms with van der Waals surface area (Å²) >= 11 is 0. The van der Waals surface area contributed by atoms with Crippen molar-refractivity contribution in [2.24, 2.45) is 0 Å². The van der Waals surface area contributed by atoms with Crippen LogP contribution in [0.25, 0.3) is 0 Å². The van der Waals surface area contributed by atoms with Gasteiger partial charge in [-0.25, -0.2) is 0 Å². The predicted molar refractivity (Wildman–Crippen MR) is 75.2 cm³/mol. The monoisotopic (exact) mass is 278 g/mol. The number of nitrogens with zero attached hydrogens (tertiary/aromatic N) is 1. The van der Waals surface area contributed by atoms with Crippen LogP contribution in [0, 0.1) is 0 Å². The minimum atomic E-state index is -4.32. The van der Waals surface area contributed by atoms with E-state index in [-0.39, 0.29) is 10.6 Å². The average Bonchev–Trinajstić information content (AvgIpc) is 2.38. The number of hydrogen-bond donors (Lipinski definition) is 2. The molecule has 0 spiro atoms. The second kappa shape index (κ2) is 4.91. The minimum absolute atomic E-state index is 0.0244. The summed E-state index contributed by atoms with van der Waals surface area (Å²) in [6.45, 7) is 0. The van der Waals surface area contributed by atoms with Crippen LogP contribution in [-0.2, 0) is 10.1 Å². The summed E-state index contributed by atoms with van der Waals surface area (Å²) in [7, 11) is -2.55. The third-order valence-electron chi connectivity index (χ3n) is 2.83. The number of hydrogen-bond acceptors (Lipinski definition) is 4. The quantitative estimate of drug-likeness (QED) is 0.664. The van der Waals surface area contributed by atoms with E-state index in [1.165, 1.54) is 12.1 Å². The van der Waals surface area contributed by atoms with Gasteiger partial charge in [-0.05, 0) is 24.3 Å². The first kappa shape index (κ1) is 13.4. The standard InChI is InChI=1S/C13H14N2O3S/c1-15(10-6-3-2-4-7-10)11-8-5-9-12(13(11)14)19(16,17)18/h2-9H,14H2,1H3,(H,16,17,18). The Morgan fingerprint density at radius 2 is 1.68 bits per heavy atom. The highest BCUT2D eigenvalue weighted by Crippen LogP contribution is 2.32. The van der Waals surface area contributed by atoms with Gasteiger partial charge in [0.25, 0.3) is 10.1 Å². The highest BCUT2D eigenvalue weighted by molar-refractivity contribution is 7.86. The van der Waals surface area contributed by atoms with Crippen molar-refractivity contribution in [1.82, 2.24) is 0 Å². The van der Waals surface area contributed by atoms with E-state index in [0.29, 0.717) is 5.69 Å². The van der Waals surface area contributed by atoms with Crippen LogP contribution in [0.15, 0.2) is 53.4 Å². The van der Waals surface area contributed by atoms with Crippen molar-refractivity contribution in [3.05, 3.63) is 48.5 Å². The van der Waals surface area contributed by atoms with E-state index < -0.39 is 10.1 Å². The van der Waals surface area contributed by atoms with Crippen molar-refractivity contribution in [2.75, 3.05) is 17.7 Å². The molecule has 0 aliphatic heterocycles. The Labute approximate surface area is 112 Å². The molecule has 5 nitrogen and oxygen atoms in total. The summed E-state index contributed by atoms with van der Waals surface area (Å²) in [4.78, 5) is 1.47. The smallest absolute Gasteiger partial charge is 0.296 e. The number of nitrogens with two attached hydrogens (primary N) is 1. The van der Waals surface area contributed by atoms with Gasteiger partial charge in [-0.2, -0.15) is 8.42 Å². The van der Waals surface area contributed by atoms with Crippen LogP contribution in [0.4, 0.5) is 17.1 Å². The molecule has 2 aromatic carbocycles. The molecule has 6 heteroatoms. The second-order valence-corrected chi connectivity index (χ2v) is 5.45. The first-order valence-electron chi connectivity index (χ1n) is 5.56. The summed E-state index contributed by atoms with van der Waals surface area (Å²) in [6.07, 6.45) is 0. The number of benzene rings is 2. The topological polar surface area (TPSA) is 83.6 Å². The summed E-state index contributed by atoms with van der Waals surface area (Å²) in [5.41, 5.74) is 7.23. The molecule has 0 aliphatic carbocycles. The van der Waals surface area contributed by atoms with Gasteiger partial charge in [0.2, 0.25) is 0 Å². The van der Waals surface area contributed by atoms with Crippen molar-refractivity contribution in [3.8, 4) is 0 Å². The van der Waals surface area contributed by atoms with Gasteiger partial charge >= 0.3 is 0 Å². The van der Waals surface area contributed by atoms with E-state index in [1.807, 2.05) is 30.3 Å². The van der Waals surface area contributed by atoms with E-state index in [1.54, 1.807) is 18.0 Å². The van der Waals surface area contributed by atoms with Crippen molar-refractivity contribution < 1.29 is 13.0 Å². The zero-order valence-electron chi connectivity index (χ0n) is 10.3. The highest BCUT2D eigenvalue weighted by atomic mass is 32.2. The fraction of sp³-hybridized carbons (Fsp3) is 0.0769. The normalized spacial score (nSPS) is 11.3. The molecule has 3 N–H and O–H groups in total. The van der Waals surface area contributed by atoms with Gasteiger partial charge in [-0.1, -0.05) is 24.3 Å². The maximum Gasteiger partial charge on any atom is 0.296 e. The molecule has 0 amide bonds. The van der Waals surface area contributed by atoms with Crippen molar-refractivity contribution in [3.63, 3.8) is 0 Å². The molecule has 19 heavy (non-hydrogen) atoms. The lowest BCUT2D eigenvalue weighted by molar-refractivity contribution is 0.483. The molecule has 0 saturated carbocycles. The Bertz CT molecular complexity index is 684. The van der Waals surface area contributed by atoms with Crippen LogP contribution in [-0.4, -0.2) is 20.0 Å². The molecule has 0 saturated heterocycles. The Balaban J connectivity index is 2.53. The highest BCUT2D eigenvalue weighted by Gasteiger charge is 2.18. The SMILES string of the molecule is CN(c1ccccc1)c1cccc(S(=O)(=O)O)c1N. The molecular weight excluding hydrogens is 264 g/mol. The van der Waals surface area contributed by atoms with Gasteiger partial charge in [-0.15, -0.1) is 0 Å². The maximum absolute atomic E-state index is 11.2. The van der Waals surface area contributed by atoms with E-state index in [2.05, 4.69) is 0 Å². The number of anilines is 3. The number of nitrogen functional groups attached to an aromatic ring is 1. The van der Waals surface area contributed by atoms with Crippen LogP contribution in [0.5, 0.6) is 0 Å². The molecule has 2 rings (SSSR count). The first-order valence-corrected chi connectivity index (χ1v) is 7.00. The Hall–Kier alpha value is -2.05. The molecule has 2 aromatic rings. The fourth-order valence-corrected chi connectivity index (χ4v) is 2.47. The van der Waals surface area contributed by atoms with Crippen molar-refractivity contribution in [2.45, 2.75) is 4.90 Å². The van der Waals surface area contributed by atoms with E-state index in [4.69, 9.17) is 10.3 Å². The molecule has 0 fully saturated rings. The van der Waals surface area contributed by atoms with Gasteiger partial charge in [-0.3, -0.25) is 4.55 Å². The van der Waals surface area contributed by atoms with E-state index in [0.717, 1.165) is 5.69 Å². The van der Waals surface area contributed by atoms with Gasteiger partial charge in [0.1, 0.15) is 4.90 Å². The number of rotatable bonds is 3. The van der Waals surface area contributed by atoms with E-state index in [9.17, 15) is 8.42 Å². The zero-order chi connectivity index (χ0) is 14.0. The van der Waals surface area contributed by atoms with Crippen LogP contribution < -0.4 is 10.6 Å². The van der Waals surface area contributed by atoms with E-state index >= 15 is 0 Å². The lowest BCUT2D eigenvalue weighted by Gasteiger charge is -2.22. The summed E-state index contributed by atoms with van der Waals surface area (Å²) < 4.78 is 31.6. The molecule has 0 radical (unpaired) electrons. The molecule has 0 heterocycles. The molecule has 0 aromatic heterocycles. The van der Waals surface area contributed by atoms with Crippen LogP contribution in [0.2, 0.25) is 0 Å². The average molecular weight is 278 g/mol. The number of para-hydroxylation sites is 2. The summed E-state index contributed by atoms with van der Waals surface area (Å²) in [5.74, 6) is 0. The third kappa shape index (κ3) is 2.69. The van der Waals surface area contributed by atoms with Gasteiger partial charge in [0, 0.05) is 12.7 Å². The lowest BCUT2D eigenvalue weighted by Crippen LogP contribution is -2.13. The molecule has 0 bridgehead atoms. The molecule has 0 atom stereocenters. The van der Waals surface area contributed by atoms with Crippen LogP contribution >= 0.6 is 0 Å². The Kier molecular flexibility index (Phi) is 3.46. The maximum atomic E-state index is 11.2. The van der Waals surface area contributed by atoms with Gasteiger partial charge < -0.3 is 10.6 Å². The first-order chi connectivity index (χ1) is 8.91. The zero-order valence-corrected chi connectivity index (χ0v) is 11.1. The molecule has 100 valence electrons. The fourth-order valence-electron chi connectivity index (χ4n) is 1.84. The summed E-state index contributed by atoms with van der Waals surface area (Å²) in [6, 6.07) is 13.9. The Morgan fingerprint density at radius 1 is 1.05 bits per heavy atom. The van der Waals surface area contributed by atoms with Crippen molar-refractivity contribution >= 4 is 27.2 Å². The lowest BCUT2D eigenvalue weighted by atomic mass is 10.2. The second-order valence-electron chi connectivity index (χ2n) is 4.06. The predicted octanol–water partition coefficient (Wildman–Crippen LogP) is 2.28. The molecule has 0 unspecified atom stereocenters. The Morgan fingerprint density at radius 3 is 2.26 bits per heavy atom. The minimum Gasteiger partial charge on any atom is -0.396 e. The van der Waals surface area contributed by atoms with Crippen molar-refractivity contribution in [1.29, 1.82) is 0 Å². The molecular formula is C13H14N2O3S. The van der Waals surface area contributed by atoms with Crippen LogP contribution in [0.3, 0.4) is 0 Å². The summed E-state index contributed by atoms with van der Waals surface area (Å²) in [5, 5.41) is 0. The largest absolute Gasteiger partial charge is 0.396 e. The van der Waals surface area contributed by atoms with Gasteiger partial charge in [0.05, 0.1) is 11.4 Å². The van der Waals surface area contributed by atoms with Gasteiger partial charge in [0.15, 0.2) is 0 Å². The molecule has 0 aliphatic rings.